The molecule has 25 heavy (non-hydrogen) atoms. The normalized spacial score (nSPS) is 16.7. The van der Waals surface area contributed by atoms with Crippen molar-refractivity contribution >= 4 is 17.5 Å². The molecule has 1 aromatic carbocycles. The largest absolute Gasteiger partial charge is 0.352 e. The second-order valence-corrected chi connectivity index (χ2v) is 6.12. The van der Waals surface area contributed by atoms with E-state index < -0.39 is 0 Å². The molecule has 0 spiro atoms. The van der Waals surface area contributed by atoms with Crippen molar-refractivity contribution in [2.75, 3.05) is 18.0 Å². The molecule has 6 nitrogen and oxygen atoms in total. The van der Waals surface area contributed by atoms with Crippen LogP contribution in [0.15, 0.2) is 42.5 Å². The molecule has 1 aliphatic heterocycles. The summed E-state index contributed by atoms with van der Waals surface area (Å²) in [4.78, 5) is 26.4. The van der Waals surface area contributed by atoms with E-state index in [2.05, 4.69) is 20.4 Å². The molecule has 1 amide bonds. The predicted molar refractivity (Wildman–Crippen MR) is 95.8 cm³/mol. The molecule has 2 heterocycles. The number of nitrogens with zero attached hydrogens (tertiary/aromatic N) is 3. The van der Waals surface area contributed by atoms with E-state index in [1.54, 1.807) is 6.07 Å². The Balaban J connectivity index is 1.69. The molecule has 1 aliphatic rings. The number of benzene rings is 1. The van der Waals surface area contributed by atoms with Crippen molar-refractivity contribution in [3.05, 3.63) is 53.7 Å². The second-order valence-electron chi connectivity index (χ2n) is 6.12. The summed E-state index contributed by atoms with van der Waals surface area (Å²) in [6.45, 7) is 3.26. The van der Waals surface area contributed by atoms with Gasteiger partial charge in [-0.1, -0.05) is 30.3 Å². The molecule has 0 radical (unpaired) electrons. The maximum Gasteiger partial charge on any atom is 0.271 e. The summed E-state index contributed by atoms with van der Waals surface area (Å²) < 4.78 is 0. The predicted octanol–water partition coefficient (Wildman–Crippen LogP) is 2.47. The minimum Gasteiger partial charge on any atom is -0.352 e. The smallest absolute Gasteiger partial charge is 0.271 e. The molecule has 1 saturated heterocycles. The van der Waals surface area contributed by atoms with Gasteiger partial charge in [0.1, 0.15) is 0 Å². The van der Waals surface area contributed by atoms with Crippen LogP contribution in [0, 0.1) is 0 Å². The van der Waals surface area contributed by atoms with Gasteiger partial charge in [-0.25, -0.2) is 0 Å². The van der Waals surface area contributed by atoms with Crippen LogP contribution in [-0.4, -0.2) is 41.0 Å². The monoisotopic (exact) mass is 338 g/mol. The average molecular weight is 338 g/mol. The quantitative estimate of drug-likeness (QED) is 0.819. The number of hydrogen-bond donors (Lipinski definition) is 1. The first-order valence-corrected chi connectivity index (χ1v) is 8.66. The van der Waals surface area contributed by atoms with Crippen LogP contribution in [0.3, 0.4) is 0 Å². The third-order valence-electron chi connectivity index (χ3n) is 4.41. The Morgan fingerprint density at radius 3 is 2.64 bits per heavy atom. The van der Waals surface area contributed by atoms with Gasteiger partial charge in [-0.3, -0.25) is 9.59 Å². The topological polar surface area (TPSA) is 75.2 Å². The molecule has 3 rings (SSSR count). The van der Waals surface area contributed by atoms with Gasteiger partial charge in [0.25, 0.3) is 5.91 Å². The van der Waals surface area contributed by atoms with E-state index in [1.807, 2.05) is 43.3 Å². The maximum absolute atomic E-state index is 12.5. The van der Waals surface area contributed by atoms with Crippen LogP contribution in [0.2, 0.25) is 0 Å². The number of Topliss-reactive ketones (excluding diaryl/α,β-unsaturated/α-hetero) is 1. The zero-order chi connectivity index (χ0) is 17.6. The molecular formula is C19H22N4O2. The molecule has 1 aromatic heterocycles. The van der Waals surface area contributed by atoms with E-state index in [-0.39, 0.29) is 17.7 Å². The lowest BCUT2D eigenvalue weighted by Crippen LogP contribution is -2.32. The first-order chi connectivity index (χ1) is 12.2. The Bertz CT molecular complexity index is 731. The molecule has 0 saturated carbocycles. The molecule has 1 N–H and O–H groups in total. The fraction of sp³-hybridized carbons (Fsp3) is 0.368. The minimum absolute atomic E-state index is 0.123. The van der Waals surface area contributed by atoms with E-state index >= 15 is 0 Å². The van der Waals surface area contributed by atoms with Crippen molar-refractivity contribution in [3.8, 4) is 0 Å². The van der Waals surface area contributed by atoms with E-state index in [9.17, 15) is 9.59 Å². The molecule has 1 fully saturated rings. The summed E-state index contributed by atoms with van der Waals surface area (Å²) in [7, 11) is 0. The van der Waals surface area contributed by atoms with Crippen LogP contribution in [0.4, 0.5) is 5.82 Å². The van der Waals surface area contributed by atoms with Crippen molar-refractivity contribution in [2.24, 2.45) is 0 Å². The van der Waals surface area contributed by atoms with Gasteiger partial charge in [-0.05, 0) is 31.9 Å². The lowest BCUT2D eigenvalue weighted by Gasteiger charge is -2.24. The van der Waals surface area contributed by atoms with E-state index in [0.29, 0.717) is 18.7 Å². The Morgan fingerprint density at radius 2 is 1.96 bits per heavy atom. The van der Waals surface area contributed by atoms with Crippen molar-refractivity contribution in [1.29, 1.82) is 0 Å². The van der Waals surface area contributed by atoms with Gasteiger partial charge in [-0.2, -0.15) is 0 Å². The third kappa shape index (κ3) is 4.02. The Kier molecular flexibility index (Phi) is 5.38. The number of amides is 1. The van der Waals surface area contributed by atoms with Crippen LogP contribution in [0.25, 0.3) is 0 Å². The fourth-order valence-corrected chi connectivity index (χ4v) is 3.16. The third-order valence-corrected chi connectivity index (χ3v) is 4.41. The Labute approximate surface area is 147 Å². The van der Waals surface area contributed by atoms with Gasteiger partial charge in [0.05, 0.1) is 0 Å². The van der Waals surface area contributed by atoms with Crippen LogP contribution >= 0.6 is 0 Å². The van der Waals surface area contributed by atoms with Crippen molar-refractivity contribution < 1.29 is 9.59 Å². The summed E-state index contributed by atoms with van der Waals surface area (Å²) >= 11 is 0. The van der Waals surface area contributed by atoms with Gasteiger partial charge in [0.15, 0.2) is 17.3 Å². The van der Waals surface area contributed by atoms with Gasteiger partial charge in [-0.15, -0.1) is 10.2 Å². The number of aromatic nitrogens is 2. The van der Waals surface area contributed by atoms with E-state index in [4.69, 9.17) is 0 Å². The average Bonchev–Trinajstić information content (AvgIpc) is 3.11. The summed E-state index contributed by atoms with van der Waals surface area (Å²) in [5.74, 6) is 0.639. The van der Waals surface area contributed by atoms with Crippen LogP contribution in [0.1, 0.15) is 47.0 Å². The number of anilines is 1. The van der Waals surface area contributed by atoms with Crippen LogP contribution in [-0.2, 0) is 0 Å². The summed E-state index contributed by atoms with van der Waals surface area (Å²) in [5, 5.41) is 10.9. The Morgan fingerprint density at radius 1 is 1.16 bits per heavy atom. The van der Waals surface area contributed by atoms with E-state index in [1.165, 1.54) is 0 Å². The number of hydrogen-bond acceptors (Lipinski definition) is 5. The van der Waals surface area contributed by atoms with Gasteiger partial charge < -0.3 is 10.2 Å². The highest BCUT2D eigenvalue weighted by molar-refractivity contribution is 5.96. The fourth-order valence-electron chi connectivity index (χ4n) is 3.16. The highest BCUT2D eigenvalue weighted by Crippen LogP contribution is 2.26. The number of rotatable bonds is 6. The maximum atomic E-state index is 12.5. The standard InChI is InChI=1S/C19H22N4O2/c1-2-20-19(25)16-10-11-18(22-21-16)23-12-6-9-15(23)13-17(24)14-7-4-3-5-8-14/h3-5,7-8,10-11,15H,2,6,9,12-13H2,1H3,(H,20,25)/t15-/m1/s1. The highest BCUT2D eigenvalue weighted by atomic mass is 16.2. The zero-order valence-corrected chi connectivity index (χ0v) is 14.3. The lowest BCUT2D eigenvalue weighted by atomic mass is 10.0. The summed E-state index contributed by atoms with van der Waals surface area (Å²) in [6.07, 6.45) is 2.44. The highest BCUT2D eigenvalue weighted by Gasteiger charge is 2.28. The molecule has 0 unspecified atom stereocenters. The van der Waals surface area contributed by atoms with Crippen molar-refractivity contribution in [1.82, 2.24) is 15.5 Å². The van der Waals surface area contributed by atoms with Gasteiger partial charge in [0.2, 0.25) is 0 Å². The second kappa shape index (κ2) is 7.88. The SMILES string of the molecule is CCNC(=O)c1ccc(N2CCC[C@@H]2CC(=O)c2ccccc2)nn1. The molecular weight excluding hydrogens is 316 g/mol. The number of carbonyl (C=O) groups excluding carboxylic acids is 2. The molecule has 1 atom stereocenters. The molecule has 0 bridgehead atoms. The van der Waals surface area contributed by atoms with Gasteiger partial charge in [0, 0.05) is 31.1 Å². The van der Waals surface area contributed by atoms with Crippen LogP contribution < -0.4 is 10.2 Å². The van der Waals surface area contributed by atoms with Crippen LogP contribution in [0.5, 0.6) is 0 Å². The van der Waals surface area contributed by atoms with Crippen molar-refractivity contribution in [3.63, 3.8) is 0 Å². The van der Waals surface area contributed by atoms with Gasteiger partial charge >= 0.3 is 0 Å². The first kappa shape index (κ1) is 17.1. The Hall–Kier alpha value is -2.76. The zero-order valence-electron chi connectivity index (χ0n) is 14.3. The minimum atomic E-state index is -0.223. The number of nitrogens with one attached hydrogen (secondary N) is 1. The number of carbonyl (C=O) groups is 2. The molecule has 130 valence electrons. The van der Waals surface area contributed by atoms with Crippen molar-refractivity contribution in [2.45, 2.75) is 32.2 Å². The molecule has 0 aliphatic carbocycles. The number of ketones is 1. The lowest BCUT2D eigenvalue weighted by molar-refractivity contribution is 0.0948. The summed E-state index contributed by atoms with van der Waals surface area (Å²) in [5.41, 5.74) is 1.05. The molecule has 6 heteroatoms. The first-order valence-electron chi connectivity index (χ1n) is 8.66. The molecule has 2 aromatic rings. The van der Waals surface area contributed by atoms with E-state index in [0.717, 1.165) is 30.8 Å². The summed E-state index contributed by atoms with van der Waals surface area (Å²) in [6, 6.07) is 13.0.